The Hall–Kier alpha value is -1.86. The zero-order valence-electron chi connectivity index (χ0n) is 10.8. The highest BCUT2D eigenvalue weighted by Gasteiger charge is 2.16. The second kappa shape index (κ2) is 5.02. The number of sulfonamides is 1. The Balaban J connectivity index is 2.19. The molecule has 0 fully saturated rings. The molecule has 0 aliphatic rings. The van der Waals surface area contributed by atoms with Crippen LogP contribution in [0, 0.1) is 0 Å². The Morgan fingerprint density at radius 3 is 2.37 bits per heavy atom. The molecule has 6 nitrogen and oxygen atoms in total. The van der Waals surface area contributed by atoms with Crippen LogP contribution in [-0.2, 0) is 16.6 Å². The second-order valence-corrected chi connectivity index (χ2v) is 6.55. The van der Waals surface area contributed by atoms with Gasteiger partial charge in [0.15, 0.2) is 0 Å². The Morgan fingerprint density at radius 2 is 1.89 bits per heavy atom. The van der Waals surface area contributed by atoms with Gasteiger partial charge in [-0.05, 0) is 17.7 Å². The summed E-state index contributed by atoms with van der Waals surface area (Å²) in [5.41, 5.74) is 7.14. The lowest BCUT2D eigenvalue weighted by Gasteiger charge is -2.11. The fraction of sp³-hybridized carbons (Fsp3) is 0.250. The van der Waals surface area contributed by atoms with E-state index in [4.69, 9.17) is 5.73 Å². The fourth-order valence-corrected chi connectivity index (χ4v) is 2.53. The molecule has 0 aliphatic heterocycles. The monoisotopic (exact) mass is 280 g/mol. The molecule has 0 amide bonds. The molecule has 0 saturated carbocycles. The largest absolute Gasteiger partial charge is 0.396 e. The third kappa shape index (κ3) is 2.94. The maximum Gasteiger partial charge on any atom is 0.242 e. The minimum absolute atomic E-state index is 0.279. The first kappa shape index (κ1) is 13.6. The molecule has 102 valence electrons. The lowest BCUT2D eigenvalue weighted by atomic mass is 10.2. The van der Waals surface area contributed by atoms with E-state index in [0.717, 1.165) is 5.56 Å². The quantitative estimate of drug-likeness (QED) is 0.896. The van der Waals surface area contributed by atoms with E-state index in [-0.39, 0.29) is 4.90 Å². The average molecular weight is 280 g/mol. The Morgan fingerprint density at radius 1 is 1.26 bits per heavy atom. The third-order valence-corrected chi connectivity index (χ3v) is 4.53. The van der Waals surface area contributed by atoms with Gasteiger partial charge >= 0.3 is 0 Å². The maximum atomic E-state index is 11.9. The predicted molar refractivity (Wildman–Crippen MR) is 73.1 cm³/mol. The Bertz CT molecular complexity index is 659. The van der Waals surface area contributed by atoms with Crippen LogP contribution >= 0.6 is 0 Å². The second-order valence-electron chi connectivity index (χ2n) is 4.40. The topological polar surface area (TPSA) is 81.2 Å². The van der Waals surface area contributed by atoms with Crippen molar-refractivity contribution in [2.24, 2.45) is 0 Å². The number of aromatic nitrogens is 2. The highest BCUT2D eigenvalue weighted by molar-refractivity contribution is 7.89. The smallest absolute Gasteiger partial charge is 0.242 e. The van der Waals surface area contributed by atoms with Gasteiger partial charge in [0.05, 0.1) is 23.3 Å². The highest BCUT2D eigenvalue weighted by Crippen LogP contribution is 2.14. The van der Waals surface area contributed by atoms with Crippen LogP contribution in [0.15, 0.2) is 41.6 Å². The Labute approximate surface area is 112 Å². The SMILES string of the molecule is CN(C)S(=O)(=O)c1ccc(Cn2cc(N)cn2)cc1. The molecule has 0 saturated heterocycles. The summed E-state index contributed by atoms with van der Waals surface area (Å²) in [5.74, 6) is 0. The first-order chi connectivity index (χ1) is 8.89. The lowest BCUT2D eigenvalue weighted by molar-refractivity contribution is 0.520. The summed E-state index contributed by atoms with van der Waals surface area (Å²) in [6, 6.07) is 6.73. The number of hydrogen-bond acceptors (Lipinski definition) is 4. The predicted octanol–water partition coefficient (Wildman–Crippen LogP) is 0.764. The van der Waals surface area contributed by atoms with Crippen LogP contribution in [0.5, 0.6) is 0 Å². The maximum absolute atomic E-state index is 11.9. The van der Waals surface area contributed by atoms with Crippen molar-refractivity contribution in [3.8, 4) is 0 Å². The van der Waals surface area contributed by atoms with E-state index < -0.39 is 10.0 Å². The van der Waals surface area contributed by atoms with Crippen molar-refractivity contribution in [1.82, 2.24) is 14.1 Å². The fourth-order valence-electron chi connectivity index (χ4n) is 1.63. The molecule has 2 aromatic rings. The summed E-state index contributed by atoms with van der Waals surface area (Å²) in [5, 5.41) is 4.08. The van der Waals surface area contributed by atoms with Crippen LogP contribution < -0.4 is 5.73 Å². The van der Waals surface area contributed by atoms with Gasteiger partial charge in [0.1, 0.15) is 0 Å². The molecule has 0 radical (unpaired) electrons. The molecule has 19 heavy (non-hydrogen) atoms. The van der Waals surface area contributed by atoms with E-state index in [2.05, 4.69) is 5.10 Å². The van der Waals surface area contributed by atoms with Crippen molar-refractivity contribution < 1.29 is 8.42 Å². The number of nitrogen functional groups attached to an aromatic ring is 1. The molecule has 2 rings (SSSR count). The van der Waals surface area contributed by atoms with E-state index in [9.17, 15) is 8.42 Å². The van der Waals surface area contributed by atoms with Crippen molar-refractivity contribution in [1.29, 1.82) is 0 Å². The average Bonchev–Trinajstić information content (AvgIpc) is 2.75. The summed E-state index contributed by atoms with van der Waals surface area (Å²) >= 11 is 0. The van der Waals surface area contributed by atoms with Crippen LogP contribution in [0.1, 0.15) is 5.56 Å². The number of hydrogen-bond donors (Lipinski definition) is 1. The summed E-state index contributed by atoms with van der Waals surface area (Å²) in [4.78, 5) is 0.279. The zero-order chi connectivity index (χ0) is 14.0. The van der Waals surface area contributed by atoms with Gasteiger partial charge < -0.3 is 5.73 Å². The van der Waals surface area contributed by atoms with Crippen LogP contribution in [-0.4, -0.2) is 36.6 Å². The molecule has 0 unspecified atom stereocenters. The molecule has 1 aromatic carbocycles. The van der Waals surface area contributed by atoms with E-state index in [1.165, 1.54) is 18.4 Å². The van der Waals surface area contributed by atoms with Gasteiger partial charge in [-0.3, -0.25) is 4.68 Å². The number of rotatable bonds is 4. The summed E-state index contributed by atoms with van der Waals surface area (Å²) in [6.45, 7) is 0.555. The highest BCUT2D eigenvalue weighted by atomic mass is 32.2. The van der Waals surface area contributed by atoms with Crippen molar-refractivity contribution in [3.63, 3.8) is 0 Å². The molecular formula is C12H16N4O2S. The molecule has 0 spiro atoms. The summed E-state index contributed by atoms with van der Waals surface area (Å²) in [6.07, 6.45) is 3.30. The molecule has 2 N–H and O–H groups in total. The van der Waals surface area contributed by atoms with Gasteiger partial charge in [0.25, 0.3) is 0 Å². The molecule has 0 aliphatic carbocycles. The molecule has 0 bridgehead atoms. The number of anilines is 1. The number of nitrogens with two attached hydrogens (primary N) is 1. The zero-order valence-corrected chi connectivity index (χ0v) is 11.6. The van der Waals surface area contributed by atoms with Crippen LogP contribution in [0.4, 0.5) is 5.69 Å². The van der Waals surface area contributed by atoms with Crippen LogP contribution in [0.3, 0.4) is 0 Å². The van der Waals surface area contributed by atoms with Gasteiger partial charge in [-0.1, -0.05) is 12.1 Å². The molecule has 1 heterocycles. The van der Waals surface area contributed by atoms with E-state index in [0.29, 0.717) is 12.2 Å². The van der Waals surface area contributed by atoms with Crippen molar-refractivity contribution >= 4 is 15.7 Å². The van der Waals surface area contributed by atoms with Gasteiger partial charge in [-0.25, -0.2) is 12.7 Å². The van der Waals surface area contributed by atoms with E-state index in [1.54, 1.807) is 41.3 Å². The van der Waals surface area contributed by atoms with Gasteiger partial charge in [-0.15, -0.1) is 0 Å². The van der Waals surface area contributed by atoms with Crippen LogP contribution in [0.2, 0.25) is 0 Å². The van der Waals surface area contributed by atoms with Crippen molar-refractivity contribution in [3.05, 3.63) is 42.2 Å². The Kier molecular flexibility index (Phi) is 3.59. The first-order valence-corrected chi connectivity index (χ1v) is 7.13. The number of benzene rings is 1. The van der Waals surface area contributed by atoms with Crippen molar-refractivity contribution in [2.75, 3.05) is 19.8 Å². The normalized spacial score (nSPS) is 11.9. The first-order valence-electron chi connectivity index (χ1n) is 5.69. The summed E-state index contributed by atoms with van der Waals surface area (Å²) in [7, 11) is -0.352. The minimum atomic E-state index is -3.37. The van der Waals surface area contributed by atoms with Gasteiger partial charge in [0, 0.05) is 20.3 Å². The molecular weight excluding hydrogens is 264 g/mol. The van der Waals surface area contributed by atoms with Gasteiger partial charge in [-0.2, -0.15) is 5.10 Å². The molecule has 7 heteroatoms. The summed E-state index contributed by atoms with van der Waals surface area (Å²) < 4.78 is 26.7. The van der Waals surface area contributed by atoms with E-state index in [1.807, 2.05) is 0 Å². The molecule has 0 atom stereocenters. The minimum Gasteiger partial charge on any atom is -0.396 e. The van der Waals surface area contributed by atoms with Crippen LogP contribution in [0.25, 0.3) is 0 Å². The van der Waals surface area contributed by atoms with Gasteiger partial charge in [0.2, 0.25) is 10.0 Å². The van der Waals surface area contributed by atoms with Crippen molar-refractivity contribution in [2.45, 2.75) is 11.4 Å². The molecule has 1 aromatic heterocycles. The number of nitrogens with zero attached hydrogens (tertiary/aromatic N) is 3. The standard InChI is InChI=1S/C12H16N4O2S/c1-15(2)19(17,18)12-5-3-10(4-6-12)8-16-9-11(13)7-14-16/h3-7,9H,8,13H2,1-2H3. The lowest BCUT2D eigenvalue weighted by Crippen LogP contribution is -2.22. The van der Waals surface area contributed by atoms with E-state index >= 15 is 0 Å². The third-order valence-electron chi connectivity index (χ3n) is 2.70.